The molecule has 0 aliphatic carbocycles. The van der Waals surface area contributed by atoms with Gasteiger partial charge in [-0.15, -0.1) is 11.3 Å². The maximum Gasteiger partial charge on any atom is 0.341 e. The molecule has 1 aromatic heterocycles. The molecule has 2 amide bonds. The van der Waals surface area contributed by atoms with Gasteiger partial charge in [-0.3, -0.25) is 10.1 Å². The van der Waals surface area contributed by atoms with E-state index in [0.717, 1.165) is 22.6 Å². The monoisotopic (exact) mass is 417 g/mol. The lowest BCUT2D eigenvalue weighted by atomic mass is 10.1. The number of hydrazone groups is 1. The molecule has 0 saturated carbocycles. The minimum Gasteiger partial charge on any atom is -0.494 e. The van der Waals surface area contributed by atoms with Crippen LogP contribution < -0.4 is 15.5 Å². The first-order chi connectivity index (χ1) is 13.9. The molecule has 0 bridgehead atoms. The molecule has 8 nitrogen and oxygen atoms in total. The van der Waals surface area contributed by atoms with Crippen LogP contribution in [-0.4, -0.2) is 37.2 Å². The second-order valence-electron chi connectivity index (χ2n) is 5.86. The number of amides is 2. The summed E-state index contributed by atoms with van der Waals surface area (Å²) in [6.45, 7) is 7.39. The Hall–Kier alpha value is -3.20. The molecule has 0 aliphatic rings. The number of hydrogen-bond acceptors (Lipinski definition) is 7. The van der Waals surface area contributed by atoms with Gasteiger partial charge >= 0.3 is 12.0 Å². The zero-order chi connectivity index (χ0) is 21.4. The lowest BCUT2D eigenvalue weighted by Gasteiger charge is -2.06. The van der Waals surface area contributed by atoms with Crippen LogP contribution in [0.4, 0.5) is 9.80 Å². The molecular formula is C20H23N3O5S. The first-order valence-electron chi connectivity index (χ1n) is 9.01. The molecule has 0 atom stereocenters. The summed E-state index contributed by atoms with van der Waals surface area (Å²) < 4.78 is 10.4. The van der Waals surface area contributed by atoms with Crippen LogP contribution in [0.15, 0.2) is 29.4 Å². The molecule has 2 N–H and O–H groups in total. The van der Waals surface area contributed by atoms with Gasteiger partial charge in [0.25, 0.3) is 0 Å². The number of esters is 1. The number of ketones is 1. The number of Topliss-reactive ketones (excluding diaryl/α,β-unsaturated/α-hetero) is 1. The van der Waals surface area contributed by atoms with Crippen molar-refractivity contribution in [1.82, 2.24) is 5.43 Å². The fraction of sp³-hybridized carbons (Fsp3) is 0.300. The van der Waals surface area contributed by atoms with Crippen LogP contribution in [0.5, 0.6) is 5.75 Å². The zero-order valence-electron chi connectivity index (χ0n) is 16.7. The van der Waals surface area contributed by atoms with E-state index in [1.165, 1.54) is 13.1 Å². The van der Waals surface area contributed by atoms with Gasteiger partial charge in [0.05, 0.1) is 29.9 Å². The minimum absolute atomic E-state index is 0.174. The predicted octanol–water partition coefficient (Wildman–Crippen LogP) is 3.99. The molecule has 1 aromatic carbocycles. The third-order valence-electron chi connectivity index (χ3n) is 3.74. The Morgan fingerprint density at radius 2 is 1.83 bits per heavy atom. The van der Waals surface area contributed by atoms with Gasteiger partial charge in [0.2, 0.25) is 0 Å². The van der Waals surface area contributed by atoms with E-state index < -0.39 is 12.0 Å². The Balaban J connectivity index is 2.08. The van der Waals surface area contributed by atoms with Crippen molar-refractivity contribution in [1.29, 1.82) is 0 Å². The SMILES string of the molecule is CCOC(=O)c1c(NC(=O)N/N=C\c2ccc(OCC)cc2)sc(C(C)=O)c1C. The summed E-state index contributed by atoms with van der Waals surface area (Å²) in [4.78, 5) is 36.6. The highest BCUT2D eigenvalue weighted by Crippen LogP contribution is 2.34. The average Bonchev–Trinajstić information content (AvgIpc) is 3.00. The van der Waals surface area contributed by atoms with Gasteiger partial charge in [-0.1, -0.05) is 0 Å². The summed E-state index contributed by atoms with van der Waals surface area (Å²) in [5.41, 5.74) is 3.76. The summed E-state index contributed by atoms with van der Waals surface area (Å²) in [5.74, 6) is -0.0434. The molecule has 154 valence electrons. The van der Waals surface area contributed by atoms with Crippen molar-refractivity contribution in [2.45, 2.75) is 27.7 Å². The third kappa shape index (κ3) is 5.89. The van der Waals surface area contributed by atoms with E-state index in [-0.39, 0.29) is 23.0 Å². The normalized spacial score (nSPS) is 10.6. The Bertz CT molecular complexity index is 919. The summed E-state index contributed by atoms with van der Waals surface area (Å²) in [6, 6.07) is 6.56. The van der Waals surface area contributed by atoms with E-state index in [4.69, 9.17) is 9.47 Å². The van der Waals surface area contributed by atoms with Gasteiger partial charge in [-0.05, 0) is 63.1 Å². The molecule has 0 saturated heterocycles. The first-order valence-corrected chi connectivity index (χ1v) is 9.83. The molecule has 29 heavy (non-hydrogen) atoms. The van der Waals surface area contributed by atoms with E-state index >= 15 is 0 Å². The van der Waals surface area contributed by atoms with Crippen LogP contribution in [-0.2, 0) is 4.74 Å². The molecular weight excluding hydrogens is 394 g/mol. The summed E-state index contributed by atoms with van der Waals surface area (Å²) in [6.07, 6.45) is 1.47. The molecule has 2 aromatic rings. The second-order valence-corrected chi connectivity index (χ2v) is 6.88. The first kappa shape index (κ1) is 22.1. The molecule has 0 spiro atoms. The lowest BCUT2D eigenvalue weighted by Crippen LogP contribution is -2.24. The Morgan fingerprint density at radius 1 is 1.14 bits per heavy atom. The smallest absolute Gasteiger partial charge is 0.341 e. The number of ether oxygens (including phenoxy) is 2. The van der Waals surface area contributed by atoms with Crippen LogP contribution in [0.25, 0.3) is 0 Å². The van der Waals surface area contributed by atoms with Crippen molar-refractivity contribution < 1.29 is 23.9 Å². The maximum atomic E-state index is 12.2. The highest BCUT2D eigenvalue weighted by Gasteiger charge is 2.25. The Morgan fingerprint density at radius 3 is 2.41 bits per heavy atom. The minimum atomic E-state index is -0.644. The van der Waals surface area contributed by atoms with Crippen molar-refractivity contribution in [3.8, 4) is 5.75 Å². The molecule has 0 aliphatic heterocycles. The van der Waals surface area contributed by atoms with Crippen LogP contribution in [0.3, 0.4) is 0 Å². The topological polar surface area (TPSA) is 106 Å². The molecule has 9 heteroatoms. The second kappa shape index (κ2) is 10.4. The molecule has 2 rings (SSSR count). The number of nitrogens with one attached hydrogen (secondary N) is 2. The van der Waals surface area contributed by atoms with Gasteiger partial charge in [0, 0.05) is 0 Å². The molecule has 1 heterocycles. The Labute approximate surface area is 172 Å². The van der Waals surface area contributed by atoms with Crippen LogP contribution in [0, 0.1) is 6.92 Å². The number of anilines is 1. The van der Waals surface area contributed by atoms with Crippen molar-refractivity contribution >= 4 is 40.3 Å². The van der Waals surface area contributed by atoms with E-state index in [1.807, 2.05) is 6.92 Å². The summed E-state index contributed by atoms with van der Waals surface area (Å²) in [7, 11) is 0. The zero-order valence-corrected chi connectivity index (χ0v) is 17.5. The van der Waals surface area contributed by atoms with Gasteiger partial charge < -0.3 is 9.47 Å². The van der Waals surface area contributed by atoms with Gasteiger partial charge in [-0.25, -0.2) is 15.0 Å². The average molecular weight is 417 g/mol. The standard InChI is InChI=1S/C20H23N3O5S/c1-5-27-15-9-7-14(8-10-15)11-21-23-20(26)22-18-16(19(25)28-6-2)12(3)17(29-18)13(4)24/h7-11H,5-6H2,1-4H3,(H2,22,23,26)/b21-11-. The van der Waals surface area contributed by atoms with Crippen LogP contribution in [0.2, 0.25) is 0 Å². The summed E-state index contributed by atoms with van der Waals surface area (Å²) >= 11 is 1.02. The van der Waals surface area contributed by atoms with E-state index in [2.05, 4.69) is 15.8 Å². The number of carbonyl (C=O) groups excluding carboxylic acids is 3. The van der Waals surface area contributed by atoms with Gasteiger partial charge in [0.1, 0.15) is 10.8 Å². The van der Waals surface area contributed by atoms with Crippen molar-refractivity contribution in [3.05, 3.63) is 45.8 Å². The maximum absolute atomic E-state index is 12.2. The van der Waals surface area contributed by atoms with Crippen molar-refractivity contribution in [3.63, 3.8) is 0 Å². The predicted molar refractivity (Wildman–Crippen MR) is 112 cm³/mol. The molecule has 0 unspecified atom stereocenters. The van der Waals surface area contributed by atoms with E-state index in [0.29, 0.717) is 17.0 Å². The number of carbonyl (C=O) groups is 3. The number of benzene rings is 1. The van der Waals surface area contributed by atoms with E-state index in [1.54, 1.807) is 38.1 Å². The number of hydrogen-bond donors (Lipinski definition) is 2. The highest BCUT2D eigenvalue weighted by atomic mass is 32.1. The number of nitrogens with zero attached hydrogens (tertiary/aromatic N) is 1. The number of urea groups is 1. The van der Waals surface area contributed by atoms with Gasteiger partial charge in [-0.2, -0.15) is 5.10 Å². The van der Waals surface area contributed by atoms with Crippen LogP contribution in [0.1, 0.15) is 51.9 Å². The Kier molecular flexibility index (Phi) is 7.90. The largest absolute Gasteiger partial charge is 0.494 e. The van der Waals surface area contributed by atoms with Gasteiger partial charge in [0.15, 0.2) is 5.78 Å². The van der Waals surface area contributed by atoms with Crippen LogP contribution >= 0.6 is 11.3 Å². The van der Waals surface area contributed by atoms with E-state index in [9.17, 15) is 14.4 Å². The molecule has 0 fully saturated rings. The number of rotatable bonds is 8. The molecule has 0 radical (unpaired) electrons. The van der Waals surface area contributed by atoms with Crippen molar-refractivity contribution in [2.75, 3.05) is 18.5 Å². The fourth-order valence-corrected chi connectivity index (χ4v) is 3.58. The highest BCUT2D eigenvalue weighted by molar-refractivity contribution is 7.18. The lowest BCUT2D eigenvalue weighted by molar-refractivity contribution is 0.0527. The fourth-order valence-electron chi connectivity index (χ4n) is 2.50. The third-order valence-corrected chi connectivity index (χ3v) is 5.05. The van der Waals surface area contributed by atoms with Crippen molar-refractivity contribution in [2.24, 2.45) is 5.10 Å². The summed E-state index contributed by atoms with van der Waals surface area (Å²) in [5, 5.41) is 6.68. The quantitative estimate of drug-likeness (QED) is 0.292. The number of thiophene rings is 1.